The van der Waals surface area contributed by atoms with E-state index in [2.05, 4.69) is 30.6 Å². The molecule has 1 atom stereocenters. The van der Waals surface area contributed by atoms with Crippen molar-refractivity contribution in [2.45, 2.75) is 44.5 Å². The molecular formula is C35H36Cl2N8O4. The first kappa shape index (κ1) is 33.2. The van der Waals surface area contributed by atoms with Crippen LogP contribution in [-0.2, 0) is 17.9 Å². The number of methoxy groups -OCH3 is 2. The van der Waals surface area contributed by atoms with Crippen LogP contribution >= 0.6 is 23.2 Å². The maximum atomic E-state index is 11.5. The van der Waals surface area contributed by atoms with Crippen molar-refractivity contribution < 1.29 is 19.4 Å². The first-order chi connectivity index (χ1) is 23.6. The van der Waals surface area contributed by atoms with Gasteiger partial charge in [-0.05, 0) is 31.5 Å². The van der Waals surface area contributed by atoms with E-state index in [4.69, 9.17) is 37.7 Å². The Balaban J connectivity index is 1.16. The number of hydrogen-bond donors (Lipinski definition) is 3. The maximum absolute atomic E-state index is 11.5. The summed E-state index contributed by atoms with van der Waals surface area (Å²) in [5.41, 5.74) is 4.81. The number of hydrogen-bond acceptors (Lipinski definition) is 10. The van der Waals surface area contributed by atoms with Gasteiger partial charge in [-0.1, -0.05) is 47.5 Å². The molecule has 2 aliphatic heterocycles. The average molecular weight is 704 g/mol. The summed E-state index contributed by atoms with van der Waals surface area (Å²) in [6, 6.07) is 13.4. The van der Waals surface area contributed by atoms with Crippen molar-refractivity contribution in [1.29, 1.82) is 0 Å². The third-order valence-electron chi connectivity index (χ3n) is 8.81. The Labute approximate surface area is 293 Å². The molecule has 0 saturated carbocycles. The molecule has 7 rings (SSSR count). The van der Waals surface area contributed by atoms with Crippen LogP contribution in [0, 0.1) is 0 Å². The fourth-order valence-electron chi connectivity index (χ4n) is 6.51. The number of pyridine rings is 3. The molecule has 2 aliphatic rings. The van der Waals surface area contributed by atoms with E-state index in [9.17, 15) is 9.90 Å². The summed E-state index contributed by atoms with van der Waals surface area (Å²) in [6.07, 6.45) is 4.92. The second-order valence-corrected chi connectivity index (χ2v) is 13.5. The van der Waals surface area contributed by atoms with E-state index in [0.29, 0.717) is 94.8 Å². The predicted octanol–water partition coefficient (Wildman–Crippen LogP) is 4.78. The van der Waals surface area contributed by atoms with Gasteiger partial charge in [0.2, 0.25) is 11.8 Å². The molecule has 0 unspecified atom stereocenters. The molecule has 4 aromatic heterocycles. The SMILES string of the molecule is COc1nc(-c2cccc(-c3ccnc(-c4cc(OC)c5nc(CN6CC(C)(O)C6)nn5c4)c3Cl)c2Cl)ccc1CNC[C@H]1CCC(=O)N1. The van der Waals surface area contributed by atoms with E-state index in [0.717, 1.165) is 23.1 Å². The van der Waals surface area contributed by atoms with Gasteiger partial charge >= 0.3 is 0 Å². The average Bonchev–Trinajstić information content (AvgIpc) is 3.69. The minimum absolute atomic E-state index is 0.0942. The van der Waals surface area contributed by atoms with E-state index in [1.54, 1.807) is 24.9 Å². The Bertz CT molecular complexity index is 2040. The van der Waals surface area contributed by atoms with Crippen LogP contribution in [-0.4, -0.2) is 86.0 Å². The molecule has 12 nitrogen and oxygen atoms in total. The molecule has 254 valence electrons. The van der Waals surface area contributed by atoms with Gasteiger partial charge in [-0.3, -0.25) is 14.7 Å². The zero-order chi connectivity index (χ0) is 34.3. The monoisotopic (exact) mass is 702 g/mol. The van der Waals surface area contributed by atoms with Crippen LogP contribution in [0.25, 0.3) is 39.3 Å². The Morgan fingerprint density at radius 3 is 2.59 bits per heavy atom. The van der Waals surface area contributed by atoms with E-state index in [-0.39, 0.29) is 11.9 Å². The lowest BCUT2D eigenvalue weighted by Crippen LogP contribution is -2.59. The van der Waals surface area contributed by atoms with E-state index in [1.807, 2.05) is 55.6 Å². The van der Waals surface area contributed by atoms with E-state index >= 15 is 0 Å². The number of likely N-dealkylation sites (tertiary alicyclic amines) is 1. The van der Waals surface area contributed by atoms with Crippen LogP contribution in [0.5, 0.6) is 11.6 Å². The van der Waals surface area contributed by atoms with Gasteiger partial charge in [0, 0.05) is 78.9 Å². The number of nitrogens with zero attached hydrogens (tertiary/aromatic N) is 6. The lowest BCUT2D eigenvalue weighted by atomic mass is 9.97. The number of carbonyl (C=O) groups is 1. The van der Waals surface area contributed by atoms with Crippen molar-refractivity contribution in [1.82, 2.24) is 40.1 Å². The Kier molecular flexibility index (Phi) is 9.16. The van der Waals surface area contributed by atoms with Crippen LogP contribution in [0.1, 0.15) is 31.2 Å². The van der Waals surface area contributed by atoms with E-state index < -0.39 is 5.60 Å². The van der Waals surface area contributed by atoms with Crippen molar-refractivity contribution in [3.05, 3.63) is 76.3 Å². The summed E-state index contributed by atoms with van der Waals surface area (Å²) in [5.74, 6) is 1.73. The number of amides is 1. The maximum Gasteiger partial charge on any atom is 0.220 e. The standard InChI is InChI=1S/C35H36Cl2N8O4/c1-35(47)18-44(19-35)17-28-42-33-27(48-2)13-21(16-45(33)43-28)32-31(37)24(11-12-39-32)23-5-4-6-25(30(23)36)26-9-7-20(34(41-26)49-3)14-38-15-22-8-10-29(46)40-22/h4-7,9,11-13,16,22,38,47H,8,10,14-15,17-19H2,1-3H3,(H,40,46)/t22-/m1/s1. The lowest BCUT2D eigenvalue weighted by molar-refractivity contribution is -0.119. The summed E-state index contributed by atoms with van der Waals surface area (Å²) in [4.78, 5) is 27.7. The summed E-state index contributed by atoms with van der Waals surface area (Å²) in [5, 5.41) is 22.0. The number of aliphatic hydroxyl groups is 1. The minimum atomic E-state index is -0.678. The number of β-amino-alcohol motifs (C(OH)–C–C–N with tert-alkyl or cyclic N) is 1. The summed E-state index contributed by atoms with van der Waals surface area (Å²) >= 11 is 14.2. The van der Waals surface area contributed by atoms with Crippen LogP contribution in [0.3, 0.4) is 0 Å². The quantitative estimate of drug-likeness (QED) is 0.176. The number of rotatable bonds is 11. The van der Waals surface area contributed by atoms with Crippen molar-refractivity contribution >= 4 is 34.8 Å². The Morgan fingerprint density at radius 2 is 1.86 bits per heavy atom. The number of aromatic nitrogens is 5. The minimum Gasteiger partial charge on any atom is -0.493 e. The largest absolute Gasteiger partial charge is 0.493 e. The fourth-order valence-corrected chi connectivity index (χ4v) is 7.16. The Hall–Kier alpha value is -4.33. The Morgan fingerprint density at radius 1 is 1.06 bits per heavy atom. The highest BCUT2D eigenvalue weighted by Gasteiger charge is 2.37. The molecule has 49 heavy (non-hydrogen) atoms. The summed E-state index contributed by atoms with van der Waals surface area (Å²) in [7, 11) is 3.17. The van der Waals surface area contributed by atoms with Gasteiger partial charge in [0.1, 0.15) is 0 Å². The second kappa shape index (κ2) is 13.5. The third kappa shape index (κ3) is 6.79. The summed E-state index contributed by atoms with van der Waals surface area (Å²) in [6.45, 7) is 4.68. The number of nitrogens with one attached hydrogen (secondary N) is 2. The first-order valence-corrected chi connectivity index (χ1v) is 16.7. The predicted molar refractivity (Wildman–Crippen MR) is 187 cm³/mol. The number of benzene rings is 1. The zero-order valence-electron chi connectivity index (χ0n) is 27.3. The molecule has 14 heteroatoms. The zero-order valence-corrected chi connectivity index (χ0v) is 28.8. The van der Waals surface area contributed by atoms with Gasteiger partial charge in [-0.2, -0.15) is 0 Å². The van der Waals surface area contributed by atoms with Crippen molar-refractivity contribution in [2.24, 2.45) is 0 Å². The molecular weight excluding hydrogens is 667 g/mol. The van der Waals surface area contributed by atoms with Gasteiger partial charge < -0.3 is 25.2 Å². The number of fused-ring (bicyclic) bond motifs is 1. The first-order valence-electron chi connectivity index (χ1n) is 16.0. The van der Waals surface area contributed by atoms with Crippen LogP contribution in [0.4, 0.5) is 0 Å². The van der Waals surface area contributed by atoms with E-state index in [1.165, 1.54) is 0 Å². The van der Waals surface area contributed by atoms with Gasteiger partial charge in [0.15, 0.2) is 17.2 Å². The van der Waals surface area contributed by atoms with Gasteiger partial charge in [0.05, 0.1) is 47.8 Å². The number of ether oxygens (including phenoxy) is 2. The fraction of sp³-hybridized carbons (Fsp3) is 0.343. The van der Waals surface area contributed by atoms with Crippen LogP contribution in [0.2, 0.25) is 10.0 Å². The van der Waals surface area contributed by atoms with Crippen LogP contribution < -0.4 is 20.1 Å². The third-order valence-corrected chi connectivity index (χ3v) is 9.60. The summed E-state index contributed by atoms with van der Waals surface area (Å²) < 4.78 is 13.0. The smallest absolute Gasteiger partial charge is 0.220 e. The van der Waals surface area contributed by atoms with Crippen LogP contribution in [0.15, 0.2) is 54.9 Å². The second-order valence-electron chi connectivity index (χ2n) is 12.7. The van der Waals surface area contributed by atoms with Gasteiger partial charge in [0.25, 0.3) is 0 Å². The molecule has 5 aromatic rings. The molecule has 3 N–H and O–H groups in total. The molecule has 1 amide bonds. The molecule has 1 aromatic carbocycles. The molecule has 2 fully saturated rings. The van der Waals surface area contributed by atoms with Gasteiger partial charge in [-0.25, -0.2) is 14.5 Å². The molecule has 0 bridgehead atoms. The van der Waals surface area contributed by atoms with Crippen molar-refractivity contribution in [2.75, 3.05) is 33.9 Å². The topological polar surface area (TPSA) is 139 Å². The highest BCUT2D eigenvalue weighted by Crippen LogP contribution is 2.42. The molecule has 2 saturated heterocycles. The lowest BCUT2D eigenvalue weighted by Gasteiger charge is -2.43. The molecule has 0 aliphatic carbocycles. The molecule has 0 spiro atoms. The normalized spacial score (nSPS) is 17.3. The molecule has 0 radical (unpaired) electrons. The number of halogens is 2. The van der Waals surface area contributed by atoms with Gasteiger partial charge in [-0.15, -0.1) is 5.10 Å². The van der Waals surface area contributed by atoms with Crippen molar-refractivity contribution in [3.63, 3.8) is 0 Å². The van der Waals surface area contributed by atoms with Crippen molar-refractivity contribution in [3.8, 4) is 45.3 Å². The molecule has 6 heterocycles. The highest BCUT2D eigenvalue weighted by molar-refractivity contribution is 6.39. The highest BCUT2D eigenvalue weighted by atomic mass is 35.5. The number of carbonyl (C=O) groups excluding carboxylic acids is 1.